The van der Waals surface area contributed by atoms with Gasteiger partial charge in [-0.25, -0.2) is 0 Å². The summed E-state index contributed by atoms with van der Waals surface area (Å²) in [5, 5.41) is 0. The van der Waals surface area contributed by atoms with Crippen molar-refractivity contribution in [3.8, 4) is 0 Å². The minimum atomic E-state index is -0.172. The van der Waals surface area contributed by atoms with E-state index in [4.69, 9.17) is 4.74 Å². The van der Waals surface area contributed by atoms with E-state index >= 15 is 0 Å². The molecule has 1 aliphatic heterocycles. The number of carbonyl (C=O) groups is 1. The number of halogens is 1. The van der Waals surface area contributed by atoms with Gasteiger partial charge in [0.2, 0.25) is 0 Å². The van der Waals surface area contributed by atoms with E-state index in [1.165, 1.54) is 37.8 Å². The van der Waals surface area contributed by atoms with Gasteiger partial charge in [0.25, 0.3) is 0 Å². The van der Waals surface area contributed by atoms with Crippen molar-refractivity contribution in [2.75, 3.05) is 18.0 Å². The summed E-state index contributed by atoms with van der Waals surface area (Å²) in [5.41, 5.74) is 4.11. The molecule has 0 radical (unpaired) electrons. The Morgan fingerprint density at radius 1 is 1.19 bits per heavy atom. The van der Waals surface area contributed by atoms with Crippen LogP contribution in [-0.4, -0.2) is 30.1 Å². The van der Waals surface area contributed by atoms with Crippen LogP contribution in [0.5, 0.6) is 0 Å². The van der Waals surface area contributed by atoms with Crippen molar-refractivity contribution in [3.05, 3.63) is 21.4 Å². The zero-order valence-electron chi connectivity index (χ0n) is 16.5. The highest BCUT2D eigenvalue weighted by Crippen LogP contribution is 2.41. The van der Waals surface area contributed by atoms with Gasteiger partial charge in [-0.3, -0.25) is 9.78 Å². The average molecular weight is 423 g/mol. The van der Waals surface area contributed by atoms with Crippen molar-refractivity contribution in [3.63, 3.8) is 0 Å². The summed E-state index contributed by atoms with van der Waals surface area (Å²) < 4.78 is 6.44. The van der Waals surface area contributed by atoms with Crippen LogP contribution in [0.3, 0.4) is 0 Å². The smallest absolute Gasteiger partial charge is 0.310 e. The predicted molar refractivity (Wildman–Crippen MR) is 109 cm³/mol. The van der Waals surface area contributed by atoms with E-state index in [9.17, 15) is 4.79 Å². The van der Waals surface area contributed by atoms with Crippen LogP contribution in [0.15, 0.2) is 4.47 Å². The van der Waals surface area contributed by atoms with E-state index in [0.29, 0.717) is 0 Å². The molecular formula is C21H31BrN2O2. The molecule has 1 aliphatic carbocycles. The summed E-state index contributed by atoms with van der Waals surface area (Å²) in [4.78, 5) is 19.5. The van der Waals surface area contributed by atoms with E-state index in [1.54, 1.807) is 0 Å². The van der Waals surface area contributed by atoms with Crippen LogP contribution in [0.1, 0.15) is 62.9 Å². The Bertz CT molecular complexity index is 674. The fourth-order valence-corrected chi connectivity index (χ4v) is 5.22. The van der Waals surface area contributed by atoms with Gasteiger partial charge in [-0.1, -0.05) is 19.3 Å². The van der Waals surface area contributed by atoms with Gasteiger partial charge in [0, 0.05) is 24.3 Å². The summed E-state index contributed by atoms with van der Waals surface area (Å²) >= 11 is 3.77. The second-order valence-corrected chi connectivity index (χ2v) is 8.97. The molecule has 2 unspecified atom stereocenters. The molecule has 2 aliphatic rings. The largest absolute Gasteiger partial charge is 0.463 e. The molecule has 144 valence electrons. The molecule has 2 fully saturated rings. The van der Waals surface area contributed by atoms with Crippen LogP contribution in [0.4, 0.5) is 5.69 Å². The molecule has 5 heteroatoms. The third-order valence-corrected chi connectivity index (χ3v) is 6.83. The predicted octanol–water partition coefficient (Wildman–Crippen LogP) is 4.97. The number of anilines is 1. The van der Waals surface area contributed by atoms with E-state index in [-0.39, 0.29) is 18.5 Å². The van der Waals surface area contributed by atoms with Crippen LogP contribution >= 0.6 is 15.9 Å². The number of carbonyl (C=O) groups excluding carboxylic acids is 1. The molecule has 0 bridgehead atoms. The molecule has 3 rings (SSSR count). The van der Waals surface area contributed by atoms with E-state index in [2.05, 4.69) is 25.8 Å². The monoisotopic (exact) mass is 422 g/mol. The number of hydrogen-bond donors (Lipinski definition) is 0. The lowest BCUT2D eigenvalue weighted by molar-refractivity contribution is -0.146. The van der Waals surface area contributed by atoms with Crippen LogP contribution in [-0.2, 0) is 16.0 Å². The lowest BCUT2D eigenvalue weighted by Gasteiger charge is -2.43. The average Bonchev–Trinajstić information content (AvgIpc) is 2.59. The molecular weight excluding hydrogens is 392 g/mol. The fraction of sp³-hybridized carbons (Fsp3) is 0.714. The summed E-state index contributed by atoms with van der Waals surface area (Å²) in [7, 11) is 0. The first-order chi connectivity index (χ1) is 12.4. The van der Waals surface area contributed by atoms with Gasteiger partial charge in [-0.05, 0) is 68.3 Å². The van der Waals surface area contributed by atoms with Crippen molar-refractivity contribution in [1.29, 1.82) is 0 Å². The number of aryl methyl sites for hydroxylation is 2. The van der Waals surface area contributed by atoms with Gasteiger partial charge in [0.15, 0.2) is 0 Å². The number of pyridine rings is 1. The molecule has 0 aromatic carbocycles. The lowest BCUT2D eigenvalue weighted by atomic mass is 9.75. The van der Waals surface area contributed by atoms with E-state index in [1.807, 2.05) is 27.7 Å². The Morgan fingerprint density at radius 3 is 2.58 bits per heavy atom. The second kappa shape index (κ2) is 8.28. The SMILES string of the molecule is Cc1nc(C)c(CC(=O)OC(C)C)c(N2CCC3CCCCC3C2)c1Br. The van der Waals surface area contributed by atoms with E-state index in [0.717, 1.165) is 46.3 Å². The maximum atomic E-state index is 12.4. The number of rotatable bonds is 4. The maximum Gasteiger partial charge on any atom is 0.310 e. The van der Waals surface area contributed by atoms with Gasteiger partial charge in [-0.2, -0.15) is 0 Å². The summed E-state index contributed by atoms with van der Waals surface area (Å²) in [5.74, 6) is 1.50. The quantitative estimate of drug-likeness (QED) is 0.642. The summed E-state index contributed by atoms with van der Waals surface area (Å²) in [6, 6.07) is 0. The molecule has 1 saturated carbocycles. The number of ether oxygens (including phenoxy) is 1. The Balaban J connectivity index is 1.90. The Hall–Kier alpha value is -1.10. The molecule has 0 amide bonds. The third-order valence-electron chi connectivity index (χ3n) is 5.88. The molecule has 1 aromatic rings. The molecule has 2 atom stereocenters. The summed E-state index contributed by atoms with van der Waals surface area (Å²) in [6.07, 6.45) is 6.94. The van der Waals surface area contributed by atoms with Crippen LogP contribution in [0, 0.1) is 25.7 Å². The Kier molecular flexibility index (Phi) is 6.26. The van der Waals surface area contributed by atoms with E-state index < -0.39 is 0 Å². The van der Waals surface area contributed by atoms with Crippen molar-refractivity contribution < 1.29 is 9.53 Å². The molecule has 1 saturated heterocycles. The summed E-state index contributed by atoms with van der Waals surface area (Å²) in [6.45, 7) is 9.98. The second-order valence-electron chi connectivity index (χ2n) is 8.18. The highest BCUT2D eigenvalue weighted by molar-refractivity contribution is 9.10. The van der Waals surface area contributed by atoms with Gasteiger partial charge >= 0.3 is 5.97 Å². The highest BCUT2D eigenvalue weighted by Gasteiger charge is 2.33. The topological polar surface area (TPSA) is 42.4 Å². The molecule has 4 nitrogen and oxygen atoms in total. The van der Waals surface area contributed by atoms with Gasteiger partial charge < -0.3 is 9.64 Å². The van der Waals surface area contributed by atoms with Crippen LogP contribution in [0.25, 0.3) is 0 Å². The number of esters is 1. The maximum absolute atomic E-state index is 12.4. The number of piperidine rings is 1. The third kappa shape index (κ3) is 4.24. The standard InChI is InChI=1S/C21H31BrN2O2/c1-13(2)26-19(25)11-18-14(3)23-15(4)20(22)21(18)24-10-9-16-7-5-6-8-17(16)12-24/h13,16-17H,5-12H2,1-4H3. The minimum absolute atomic E-state index is 0.0916. The lowest BCUT2D eigenvalue weighted by Crippen LogP contribution is -2.42. The van der Waals surface area contributed by atoms with Gasteiger partial charge in [0.1, 0.15) is 0 Å². The molecule has 2 heterocycles. The van der Waals surface area contributed by atoms with Crippen molar-refractivity contribution in [2.24, 2.45) is 11.8 Å². The molecule has 26 heavy (non-hydrogen) atoms. The Labute approximate surface area is 165 Å². The number of aromatic nitrogens is 1. The normalized spacial score (nSPS) is 23.1. The number of hydrogen-bond acceptors (Lipinski definition) is 4. The van der Waals surface area contributed by atoms with Crippen LogP contribution < -0.4 is 4.90 Å². The minimum Gasteiger partial charge on any atom is -0.463 e. The zero-order chi connectivity index (χ0) is 18.8. The van der Waals surface area contributed by atoms with Gasteiger partial charge in [0.05, 0.1) is 28.4 Å². The highest BCUT2D eigenvalue weighted by atomic mass is 79.9. The first-order valence-corrected chi connectivity index (χ1v) is 10.8. The molecule has 0 N–H and O–H groups in total. The molecule has 1 aromatic heterocycles. The first-order valence-electron chi connectivity index (χ1n) is 9.96. The number of nitrogens with zero attached hydrogens (tertiary/aromatic N) is 2. The van der Waals surface area contributed by atoms with Crippen LogP contribution in [0.2, 0.25) is 0 Å². The van der Waals surface area contributed by atoms with Gasteiger partial charge in [-0.15, -0.1) is 0 Å². The Morgan fingerprint density at radius 2 is 1.88 bits per heavy atom. The fourth-order valence-electron chi connectivity index (χ4n) is 4.64. The zero-order valence-corrected chi connectivity index (χ0v) is 18.1. The van der Waals surface area contributed by atoms with Crippen molar-refractivity contribution in [1.82, 2.24) is 4.98 Å². The molecule has 0 spiro atoms. The number of fused-ring (bicyclic) bond motifs is 1. The first kappa shape index (κ1) is 19.7. The van der Waals surface area contributed by atoms with Crippen molar-refractivity contribution >= 4 is 27.6 Å². The van der Waals surface area contributed by atoms with Crippen molar-refractivity contribution in [2.45, 2.75) is 72.3 Å².